The fourth-order valence-corrected chi connectivity index (χ4v) is 8.03. The van der Waals surface area contributed by atoms with Crippen molar-refractivity contribution in [2.24, 2.45) is 17.8 Å². The molecule has 0 saturated carbocycles. The van der Waals surface area contributed by atoms with E-state index in [1.807, 2.05) is 32.8 Å². The Balaban J connectivity index is 2.14. The zero-order valence-electron chi connectivity index (χ0n) is 32.3. The van der Waals surface area contributed by atoms with E-state index in [0.29, 0.717) is 11.4 Å². The normalized spacial score (nSPS) is 38.7. The van der Waals surface area contributed by atoms with Gasteiger partial charge in [-0.15, -0.1) is 0 Å². The molecule has 0 spiro atoms. The van der Waals surface area contributed by atoms with Crippen molar-refractivity contribution in [3.05, 3.63) is 28.2 Å². The highest BCUT2D eigenvalue weighted by molar-refractivity contribution is 6.36. The first-order valence-electron chi connectivity index (χ1n) is 18.0. The average molecular weight is 777 g/mol. The van der Waals surface area contributed by atoms with E-state index >= 15 is 0 Å². The molecule has 2 amide bonds. The van der Waals surface area contributed by atoms with Crippen LogP contribution in [0.1, 0.15) is 74.7 Å². The molecule has 296 valence electrons. The van der Waals surface area contributed by atoms with Gasteiger partial charge < -0.3 is 49.4 Å². The quantitative estimate of drug-likeness (QED) is 0.233. The lowest BCUT2D eigenvalue weighted by Gasteiger charge is -2.47. The first-order chi connectivity index (χ1) is 24.1. The number of Topliss-reactive ketones (excluding diaryl/α,β-unsaturated/α-hetero) is 1. The summed E-state index contributed by atoms with van der Waals surface area (Å²) < 4.78 is 24.6. The lowest BCUT2D eigenvalue weighted by Crippen LogP contribution is -2.61. The minimum atomic E-state index is -2.04. The van der Waals surface area contributed by atoms with Crippen LogP contribution < -0.4 is 5.32 Å². The molecule has 0 radical (unpaired) electrons. The van der Waals surface area contributed by atoms with Crippen LogP contribution in [0.3, 0.4) is 0 Å². The van der Waals surface area contributed by atoms with Gasteiger partial charge in [0, 0.05) is 30.6 Å². The van der Waals surface area contributed by atoms with Crippen LogP contribution in [0.5, 0.6) is 0 Å². The van der Waals surface area contributed by atoms with Crippen molar-refractivity contribution in [1.29, 1.82) is 0 Å². The van der Waals surface area contributed by atoms with Crippen molar-refractivity contribution < 1.29 is 48.7 Å². The minimum absolute atomic E-state index is 0.0363. The number of ketones is 1. The van der Waals surface area contributed by atoms with Crippen molar-refractivity contribution in [2.75, 3.05) is 33.1 Å². The molecule has 13 nitrogen and oxygen atoms in total. The summed E-state index contributed by atoms with van der Waals surface area (Å²) in [7, 11) is 5.20. The van der Waals surface area contributed by atoms with E-state index in [1.54, 1.807) is 39.8 Å². The Bertz CT molecular complexity index is 1400. The molecule has 0 aliphatic carbocycles. The minimum Gasteiger partial charge on any atom is -0.459 e. The third-order valence-corrected chi connectivity index (χ3v) is 11.4. The molecule has 0 bridgehead atoms. The number of anilines is 1. The zero-order valence-corrected chi connectivity index (χ0v) is 33.8. The zero-order chi connectivity index (χ0) is 39.5. The van der Waals surface area contributed by atoms with Crippen LogP contribution in [0.4, 0.5) is 10.5 Å². The number of urea groups is 1. The van der Waals surface area contributed by atoms with E-state index in [0.717, 1.165) is 0 Å². The smallest absolute Gasteiger partial charge is 0.322 e. The molecule has 2 aliphatic heterocycles. The van der Waals surface area contributed by atoms with Gasteiger partial charge in [0.15, 0.2) is 12.1 Å². The Morgan fingerprint density at radius 1 is 1.12 bits per heavy atom. The Morgan fingerprint density at radius 2 is 1.75 bits per heavy atom. The van der Waals surface area contributed by atoms with E-state index in [2.05, 4.69) is 5.32 Å². The number of amides is 2. The van der Waals surface area contributed by atoms with E-state index in [9.17, 15) is 29.7 Å². The maximum Gasteiger partial charge on any atom is 0.322 e. The predicted molar refractivity (Wildman–Crippen MR) is 198 cm³/mol. The lowest BCUT2D eigenvalue weighted by molar-refractivity contribution is -0.295. The molecule has 0 aromatic heterocycles. The van der Waals surface area contributed by atoms with Crippen LogP contribution in [0.25, 0.3) is 0 Å². The van der Waals surface area contributed by atoms with Gasteiger partial charge in [-0.3, -0.25) is 9.59 Å². The number of carbonyl (C=O) groups excluding carboxylic acids is 3. The number of halogens is 2. The third kappa shape index (κ3) is 9.96. The van der Waals surface area contributed by atoms with Gasteiger partial charge in [0.25, 0.3) is 0 Å². The van der Waals surface area contributed by atoms with Crippen LogP contribution in [0.15, 0.2) is 18.2 Å². The van der Waals surface area contributed by atoms with Crippen LogP contribution >= 0.6 is 23.2 Å². The van der Waals surface area contributed by atoms with Crippen LogP contribution in [0, 0.1) is 17.8 Å². The van der Waals surface area contributed by atoms with Gasteiger partial charge >= 0.3 is 12.0 Å². The van der Waals surface area contributed by atoms with Crippen molar-refractivity contribution in [1.82, 2.24) is 9.80 Å². The summed E-state index contributed by atoms with van der Waals surface area (Å²) in [6.07, 6.45) is -5.52. The van der Waals surface area contributed by atoms with Crippen molar-refractivity contribution in [2.45, 2.75) is 135 Å². The number of rotatable bonds is 6. The highest BCUT2D eigenvalue weighted by atomic mass is 35.5. The molecule has 1 aromatic rings. The van der Waals surface area contributed by atoms with Crippen LogP contribution in [-0.2, 0) is 28.5 Å². The highest BCUT2D eigenvalue weighted by Crippen LogP contribution is 2.37. The summed E-state index contributed by atoms with van der Waals surface area (Å²) in [6.45, 7) is 13.2. The molecular weight excluding hydrogens is 717 g/mol. The maximum absolute atomic E-state index is 14.1. The number of hydrogen-bond donors (Lipinski definition) is 4. The first kappa shape index (κ1) is 44.3. The number of cyclic esters (lactones) is 1. The fraction of sp³-hybridized carbons (Fsp3) is 0.757. The summed E-state index contributed by atoms with van der Waals surface area (Å²) in [5.41, 5.74) is -3.00. The molecule has 52 heavy (non-hydrogen) atoms. The number of ether oxygens (including phenoxy) is 4. The van der Waals surface area contributed by atoms with Crippen molar-refractivity contribution >= 4 is 46.7 Å². The number of carbonyl (C=O) groups is 3. The molecule has 4 N–H and O–H groups in total. The molecule has 2 heterocycles. The predicted octanol–water partition coefficient (Wildman–Crippen LogP) is 4.75. The number of hydrogen-bond acceptors (Lipinski definition) is 11. The number of aliphatic hydroxyl groups is 3. The van der Waals surface area contributed by atoms with Gasteiger partial charge in [-0.05, 0) is 92.1 Å². The Morgan fingerprint density at radius 3 is 2.31 bits per heavy atom. The third-order valence-electron chi connectivity index (χ3n) is 10.8. The van der Waals surface area contributed by atoms with Gasteiger partial charge in [-0.25, -0.2) is 4.79 Å². The number of nitrogens with one attached hydrogen (secondary N) is 1. The number of aliphatic hydroxyl groups excluding tert-OH is 2. The second-order valence-corrected chi connectivity index (χ2v) is 16.2. The lowest BCUT2D eigenvalue weighted by atomic mass is 9.78. The molecule has 15 heteroatoms. The molecule has 1 aromatic carbocycles. The summed E-state index contributed by atoms with van der Waals surface area (Å²) >= 11 is 12.5. The summed E-state index contributed by atoms with van der Waals surface area (Å²) in [4.78, 5) is 45.1. The Hall–Kier alpha value is -2.07. The van der Waals surface area contributed by atoms with Gasteiger partial charge in [0.05, 0.1) is 34.6 Å². The van der Waals surface area contributed by atoms with E-state index < -0.39 is 77.6 Å². The average Bonchev–Trinajstić information content (AvgIpc) is 3.08. The van der Waals surface area contributed by atoms with Gasteiger partial charge in [0.2, 0.25) is 0 Å². The highest BCUT2D eigenvalue weighted by Gasteiger charge is 2.51. The number of likely N-dealkylation sites (N-methyl/N-ethyl adjacent to an activating group) is 1. The molecule has 2 saturated heterocycles. The van der Waals surface area contributed by atoms with E-state index in [4.69, 9.17) is 42.1 Å². The van der Waals surface area contributed by atoms with Crippen molar-refractivity contribution in [3.63, 3.8) is 0 Å². The molecule has 1 unspecified atom stereocenters. The number of benzene rings is 1. The largest absolute Gasteiger partial charge is 0.459 e. The Kier molecular flexibility index (Phi) is 15.4. The molecular formula is C37H59Cl2N3O10. The van der Waals surface area contributed by atoms with Crippen LogP contribution in [-0.4, -0.2) is 131 Å². The Labute approximate surface area is 318 Å². The first-order valence-corrected chi connectivity index (χ1v) is 18.7. The summed E-state index contributed by atoms with van der Waals surface area (Å²) in [5.74, 6) is -4.05. The van der Waals surface area contributed by atoms with Gasteiger partial charge in [0.1, 0.15) is 29.8 Å². The molecule has 2 aliphatic rings. The van der Waals surface area contributed by atoms with Gasteiger partial charge in [-0.2, -0.15) is 0 Å². The standard InChI is InChI=1S/C37H59Cl2N3O10/c1-12-28-37(8,48)31(45)23(6)42(35(47)40-26-14-13-24(38)16-25(26)39)18-19(2)17-36(7,49-11)32(21(4)29(43)22(5)33(46)51-28)52-34-30(44)27(41(9)10)15-20(3)50-34/h13-14,16,19-23,27-28,30-32,34,44-45,48H,12,15,17-18H2,1-11H3,(H,40,47)/t19-,20-,21+,22-,23-,27+,28-,30-,31-,32-,34+,36?,37-/m1/s1. The molecule has 3 rings (SSSR count). The topological polar surface area (TPSA) is 167 Å². The summed E-state index contributed by atoms with van der Waals surface area (Å²) in [6, 6.07) is 2.66. The molecule has 13 atom stereocenters. The summed E-state index contributed by atoms with van der Waals surface area (Å²) in [5, 5.41) is 38.2. The number of nitrogens with zero attached hydrogens (tertiary/aromatic N) is 2. The molecule has 2 fully saturated rings. The second-order valence-electron chi connectivity index (χ2n) is 15.3. The second kappa shape index (κ2) is 18.0. The van der Waals surface area contributed by atoms with Crippen molar-refractivity contribution in [3.8, 4) is 0 Å². The number of esters is 1. The fourth-order valence-electron chi connectivity index (χ4n) is 7.58. The van der Waals surface area contributed by atoms with Gasteiger partial charge in [-0.1, -0.05) is 44.0 Å². The monoisotopic (exact) mass is 775 g/mol. The maximum atomic E-state index is 14.1. The number of methoxy groups -OCH3 is 1. The van der Waals surface area contributed by atoms with E-state index in [-0.39, 0.29) is 48.2 Å². The van der Waals surface area contributed by atoms with Crippen LogP contribution in [0.2, 0.25) is 10.0 Å². The SMILES string of the molecule is CC[C@H]1OC(=O)[C@H](C)C(=O)[C@H](C)[C@@H](O[C@@H]2O[C@H](C)C[C@H](N(C)C)[C@H]2O)C(C)(OC)C[C@@H](C)CN(C(=O)Nc2ccc(Cl)cc2Cl)[C@H](C)[C@@H](O)[C@]1(C)O. The van der Waals surface area contributed by atoms with E-state index in [1.165, 1.54) is 31.9 Å².